The molecule has 0 bridgehead atoms. The predicted molar refractivity (Wildman–Crippen MR) is 79.5 cm³/mol. The molecule has 0 aliphatic heterocycles. The number of anilines is 1. The van der Waals surface area contributed by atoms with Crippen LogP contribution in [-0.4, -0.2) is 35.8 Å². The van der Waals surface area contributed by atoms with E-state index in [-0.39, 0.29) is 22.9 Å². The zero-order chi connectivity index (χ0) is 15.4. The number of nitrogens with one attached hydrogen (secondary N) is 2. The molecule has 0 radical (unpaired) electrons. The minimum Gasteiger partial charge on any atom is -0.345 e. The van der Waals surface area contributed by atoms with Crippen molar-refractivity contribution in [3.8, 4) is 0 Å². The van der Waals surface area contributed by atoms with Gasteiger partial charge in [-0.05, 0) is 30.3 Å². The minimum absolute atomic E-state index is 0.109. The molecule has 1 aromatic carbocycles. The quantitative estimate of drug-likeness (QED) is 0.892. The molecule has 0 saturated carbocycles. The van der Waals surface area contributed by atoms with Crippen molar-refractivity contribution in [2.45, 2.75) is 0 Å². The first-order valence-electron chi connectivity index (χ1n) is 6.29. The number of hydrogen-bond acceptors (Lipinski definition) is 3. The first-order chi connectivity index (χ1) is 9.97. The normalized spacial score (nSPS) is 10.0. The molecule has 108 valence electrons. The second-order valence-corrected chi connectivity index (χ2v) is 4.67. The van der Waals surface area contributed by atoms with Crippen LogP contribution in [0.5, 0.6) is 0 Å². The Kier molecular flexibility index (Phi) is 4.18. The van der Waals surface area contributed by atoms with E-state index in [2.05, 4.69) is 10.3 Å². The van der Waals surface area contributed by atoms with Crippen molar-refractivity contribution < 1.29 is 9.59 Å². The fraction of sp³-hybridized carbons (Fsp3) is 0.133. The molecule has 0 unspecified atom stereocenters. The number of amides is 2. The molecular formula is C15H15N3O3. The zero-order valence-electron chi connectivity index (χ0n) is 11.7. The summed E-state index contributed by atoms with van der Waals surface area (Å²) in [6.07, 6.45) is 1.41. The molecule has 1 heterocycles. The van der Waals surface area contributed by atoms with Gasteiger partial charge in [0.05, 0.1) is 0 Å². The van der Waals surface area contributed by atoms with Crippen LogP contribution in [0.3, 0.4) is 0 Å². The second kappa shape index (κ2) is 6.04. The summed E-state index contributed by atoms with van der Waals surface area (Å²) in [7, 11) is 3.34. The first kappa shape index (κ1) is 14.5. The third kappa shape index (κ3) is 3.56. The largest absolute Gasteiger partial charge is 0.345 e. The summed E-state index contributed by atoms with van der Waals surface area (Å²) >= 11 is 0. The second-order valence-electron chi connectivity index (χ2n) is 4.67. The number of pyridine rings is 1. The Bertz CT molecular complexity index is 717. The average Bonchev–Trinajstić information content (AvgIpc) is 2.47. The van der Waals surface area contributed by atoms with Gasteiger partial charge in [-0.1, -0.05) is 0 Å². The topological polar surface area (TPSA) is 82.3 Å². The number of nitrogens with zero attached hydrogens (tertiary/aromatic N) is 1. The maximum atomic E-state index is 12.0. The van der Waals surface area contributed by atoms with Gasteiger partial charge in [-0.2, -0.15) is 0 Å². The Morgan fingerprint density at radius 3 is 2.29 bits per heavy atom. The number of H-pyrrole nitrogens is 1. The molecular weight excluding hydrogens is 270 g/mol. The maximum Gasteiger partial charge on any atom is 0.255 e. The SMILES string of the molecule is CN(C)C(=O)c1ccc(NC(=O)c2cc[nH]c(=O)c2)cc1. The van der Waals surface area contributed by atoms with Gasteiger partial charge in [0.15, 0.2) is 0 Å². The Hall–Kier alpha value is -2.89. The molecule has 1 aromatic heterocycles. The Balaban J connectivity index is 2.12. The Morgan fingerprint density at radius 2 is 1.71 bits per heavy atom. The fourth-order valence-corrected chi connectivity index (χ4v) is 1.74. The Labute approximate surface area is 121 Å². The molecule has 21 heavy (non-hydrogen) atoms. The number of aromatic nitrogens is 1. The van der Waals surface area contributed by atoms with E-state index in [9.17, 15) is 14.4 Å². The van der Waals surface area contributed by atoms with E-state index in [4.69, 9.17) is 0 Å². The van der Waals surface area contributed by atoms with Crippen molar-refractivity contribution in [3.05, 3.63) is 64.1 Å². The minimum atomic E-state index is -0.382. The van der Waals surface area contributed by atoms with Gasteiger partial charge in [-0.15, -0.1) is 0 Å². The van der Waals surface area contributed by atoms with E-state index in [0.29, 0.717) is 11.3 Å². The average molecular weight is 285 g/mol. The summed E-state index contributed by atoms with van der Waals surface area (Å²) in [4.78, 5) is 38.8. The highest BCUT2D eigenvalue weighted by Crippen LogP contribution is 2.12. The van der Waals surface area contributed by atoms with E-state index >= 15 is 0 Å². The van der Waals surface area contributed by atoms with Crippen LogP contribution in [0.1, 0.15) is 20.7 Å². The van der Waals surface area contributed by atoms with Gasteiger partial charge in [-0.25, -0.2) is 0 Å². The molecule has 2 N–H and O–H groups in total. The summed E-state index contributed by atoms with van der Waals surface area (Å²) in [6, 6.07) is 9.29. The van der Waals surface area contributed by atoms with Crippen LogP contribution in [0.4, 0.5) is 5.69 Å². The highest BCUT2D eigenvalue weighted by atomic mass is 16.2. The van der Waals surface area contributed by atoms with Gasteiger partial charge in [0.1, 0.15) is 0 Å². The van der Waals surface area contributed by atoms with Crippen molar-refractivity contribution >= 4 is 17.5 Å². The summed E-state index contributed by atoms with van der Waals surface area (Å²) < 4.78 is 0. The monoisotopic (exact) mass is 285 g/mol. The van der Waals surface area contributed by atoms with Gasteiger partial charge in [0.2, 0.25) is 5.56 Å². The third-order valence-corrected chi connectivity index (χ3v) is 2.83. The van der Waals surface area contributed by atoms with Gasteiger partial charge in [-0.3, -0.25) is 14.4 Å². The molecule has 0 atom stereocenters. The third-order valence-electron chi connectivity index (χ3n) is 2.83. The van der Waals surface area contributed by atoms with Crippen LogP contribution >= 0.6 is 0 Å². The van der Waals surface area contributed by atoms with Crippen LogP contribution in [0, 0.1) is 0 Å². The standard InChI is InChI=1S/C15H15N3O3/c1-18(2)15(21)10-3-5-12(6-4-10)17-14(20)11-7-8-16-13(19)9-11/h3-9H,1-2H3,(H,16,19)(H,17,20). The molecule has 2 amide bonds. The number of aromatic amines is 1. The predicted octanol–water partition coefficient (Wildman–Crippen LogP) is 1.33. The van der Waals surface area contributed by atoms with E-state index in [0.717, 1.165) is 0 Å². The maximum absolute atomic E-state index is 12.0. The summed E-state index contributed by atoms with van der Waals surface area (Å²) in [5, 5.41) is 2.66. The first-order valence-corrected chi connectivity index (χ1v) is 6.29. The Morgan fingerprint density at radius 1 is 1.05 bits per heavy atom. The smallest absolute Gasteiger partial charge is 0.255 e. The molecule has 0 saturated heterocycles. The number of benzene rings is 1. The number of hydrogen-bond donors (Lipinski definition) is 2. The van der Waals surface area contributed by atoms with Crippen LogP contribution in [0.15, 0.2) is 47.4 Å². The molecule has 0 aliphatic carbocycles. The van der Waals surface area contributed by atoms with Gasteiger partial charge in [0, 0.05) is 43.2 Å². The van der Waals surface area contributed by atoms with Crippen LogP contribution in [0.25, 0.3) is 0 Å². The van der Waals surface area contributed by atoms with Crippen molar-refractivity contribution in [1.82, 2.24) is 9.88 Å². The van der Waals surface area contributed by atoms with Gasteiger partial charge >= 0.3 is 0 Å². The van der Waals surface area contributed by atoms with E-state index in [1.165, 1.54) is 23.2 Å². The highest BCUT2D eigenvalue weighted by molar-refractivity contribution is 6.04. The van der Waals surface area contributed by atoms with Crippen LogP contribution < -0.4 is 10.9 Å². The molecule has 0 spiro atoms. The summed E-state index contributed by atoms with van der Waals surface area (Å²) in [6.45, 7) is 0. The van der Waals surface area contributed by atoms with Crippen LogP contribution in [0.2, 0.25) is 0 Å². The lowest BCUT2D eigenvalue weighted by Gasteiger charge is -2.11. The van der Waals surface area contributed by atoms with Gasteiger partial charge < -0.3 is 15.2 Å². The number of carbonyl (C=O) groups is 2. The van der Waals surface area contributed by atoms with Crippen molar-refractivity contribution in [2.75, 3.05) is 19.4 Å². The lowest BCUT2D eigenvalue weighted by molar-refractivity contribution is 0.0827. The molecule has 0 fully saturated rings. The van der Waals surface area contributed by atoms with Crippen LogP contribution in [-0.2, 0) is 0 Å². The molecule has 2 aromatic rings. The fourth-order valence-electron chi connectivity index (χ4n) is 1.74. The van der Waals surface area contributed by atoms with Crippen molar-refractivity contribution in [2.24, 2.45) is 0 Å². The molecule has 6 nitrogen and oxygen atoms in total. The van der Waals surface area contributed by atoms with E-state index in [1.54, 1.807) is 38.4 Å². The lowest BCUT2D eigenvalue weighted by atomic mass is 10.2. The van der Waals surface area contributed by atoms with Crippen molar-refractivity contribution in [3.63, 3.8) is 0 Å². The summed E-state index contributed by atoms with van der Waals surface area (Å²) in [5.74, 6) is -0.491. The molecule has 6 heteroatoms. The molecule has 0 aliphatic rings. The summed E-state index contributed by atoms with van der Waals surface area (Å²) in [5.41, 5.74) is 1.02. The van der Waals surface area contributed by atoms with E-state index in [1.807, 2.05) is 0 Å². The lowest BCUT2D eigenvalue weighted by Crippen LogP contribution is -2.21. The highest BCUT2D eigenvalue weighted by Gasteiger charge is 2.09. The van der Waals surface area contributed by atoms with E-state index < -0.39 is 0 Å². The van der Waals surface area contributed by atoms with Gasteiger partial charge in [0.25, 0.3) is 11.8 Å². The zero-order valence-corrected chi connectivity index (χ0v) is 11.7. The van der Waals surface area contributed by atoms with Crippen molar-refractivity contribution in [1.29, 1.82) is 0 Å². The number of rotatable bonds is 3. The number of carbonyl (C=O) groups excluding carboxylic acids is 2. The molecule has 2 rings (SSSR count).